The first-order valence-electron chi connectivity index (χ1n) is 11.9. The largest absolute Gasteiger partial charge is 0.493 e. The van der Waals surface area contributed by atoms with E-state index in [1.807, 2.05) is 30.3 Å². The molecule has 0 saturated carbocycles. The van der Waals surface area contributed by atoms with Crippen molar-refractivity contribution >= 4 is 29.0 Å². The maximum atomic E-state index is 13.0. The van der Waals surface area contributed by atoms with Crippen molar-refractivity contribution in [2.45, 2.75) is 13.5 Å². The number of furan rings is 1. The number of rotatable bonds is 10. The van der Waals surface area contributed by atoms with Crippen LogP contribution in [0.3, 0.4) is 0 Å². The van der Waals surface area contributed by atoms with E-state index in [4.69, 9.17) is 28.1 Å². The SMILES string of the molecule is CCOC(=O)/C=C/c1cc(OC)c2oc(-c3ccc(OCc4ccccc4)c(OC)c3)c(C(=O)OC)c2c1. The highest BCUT2D eigenvalue weighted by molar-refractivity contribution is 6.10. The Morgan fingerprint density at radius 1 is 0.895 bits per heavy atom. The molecule has 0 fully saturated rings. The van der Waals surface area contributed by atoms with Gasteiger partial charge in [0.1, 0.15) is 17.9 Å². The number of carbonyl (C=O) groups is 2. The molecule has 4 rings (SSSR count). The molecule has 0 amide bonds. The van der Waals surface area contributed by atoms with Crippen LogP contribution in [0.1, 0.15) is 28.4 Å². The normalized spacial score (nSPS) is 10.9. The lowest BCUT2D eigenvalue weighted by atomic mass is 10.0. The fourth-order valence-electron chi connectivity index (χ4n) is 3.96. The van der Waals surface area contributed by atoms with Gasteiger partial charge in [-0.05, 0) is 54.5 Å². The number of benzene rings is 3. The molecule has 0 unspecified atom stereocenters. The molecule has 38 heavy (non-hydrogen) atoms. The Hall–Kier alpha value is -4.72. The minimum Gasteiger partial charge on any atom is -0.493 e. The highest BCUT2D eigenvalue weighted by Crippen LogP contribution is 2.42. The van der Waals surface area contributed by atoms with E-state index in [1.165, 1.54) is 20.3 Å². The number of carbonyl (C=O) groups excluding carboxylic acids is 2. The standard InChI is InChI=1S/C30H28O8/c1-5-36-26(31)14-11-20-15-22-27(30(32)35-4)28(38-29(22)25(16-20)34-3)21-12-13-23(24(17-21)33-2)37-18-19-9-7-6-8-10-19/h6-17H,5,18H2,1-4H3/b14-11+. The predicted octanol–water partition coefficient (Wildman–Crippen LogP) is 6.06. The zero-order valence-electron chi connectivity index (χ0n) is 21.6. The number of methoxy groups -OCH3 is 3. The van der Waals surface area contributed by atoms with Crippen LogP contribution in [-0.4, -0.2) is 39.9 Å². The van der Waals surface area contributed by atoms with Crippen LogP contribution < -0.4 is 14.2 Å². The molecule has 0 aliphatic heterocycles. The van der Waals surface area contributed by atoms with Crippen LogP contribution in [-0.2, 0) is 20.9 Å². The van der Waals surface area contributed by atoms with Crippen LogP contribution in [0, 0.1) is 0 Å². The van der Waals surface area contributed by atoms with Gasteiger partial charge in [0.25, 0.3) is 0 Å². The molecule has 1 aromatic heterocycles. The number of fused-ring (bicyclic) bond motifs is 1. The summed E-state index contributed by atoms with van der Waals surface area (Å²) in [6.07, 6.45) is 2.89. The summed E-state index contributed by atoms with van der Waals surface area (Å²) >= 11 is 0. The van der Waals surface area contributed by atoms with Crippen LogP contribution in [0.25, 0.3) is 28.4 Å². The van der Waals surface area contributed by atoms with Crippen molar-refractivity contribution in [2.75, 3.05) is 27.9 Å². The molecule has 8 heteroatoms. The average Bonchev–Trinajstić information content (AvgIpc) is 3.34. The summed E-state index contributed by atoms with van der Waals surface area (Å²) in [5.41, 5.74) is 2.79. The van der Waals surface area contributed by atoms with Gasteiger partial charge < -0.3 is 28.1 Å². The second-order valence-corrected chi connectivity index (χ2v) is 8.12. The van der Waals surface area contributed by atoms with Crippen molar-refractivity contribution < 1.29 is 37.7 Å². The Morgan fingerprint density at radius 2 is 1.66 bits per heavy atom. The van der Waals surface area contributed by atoms with Crippen LogP contribution in [0.4, 0.5) is 0 Å². The first-order chi connectivity index (χ1) is 18.5. The van der Waals surface area contributed by atoms with Gasteiger partial charge in [0.05, 0.1) is 27.9 Å². The molecule has 4 aromatic rings. The molecule has 0 atom stereocenters. The lowest BCUT2D eigenvalue weighted by molar-refractivity contribution is -0.137. The molecular formula is C30H28O8. The van der Waals surface area contributed by atoms with Crippen LogP contribution in [0.5, 0.6) is 17.2 Å². The van der Waals surface area contributed by atoms with E-state index in [2.05, 4.69) is 0 Å². The lowest BCUT2D eigenvalue weighted by Crippen LogP contribution is -2.02. The van der Waals surface area contributed by atoms with Crippen molar-refractivity contribution in [1.82, 2.24) is 0 Å². The lowest BCUT2D eigenvalue weighted by Gasteiger charge is -2.12. The van der Waals surface area contributed by atoms with Crippen molar-refractivity contribution in [2.24, 2.45) is 0 Å². The Bertz CT molecular complexity index is 1470. The van der Waals surface area contributed by atoms with E-state index < -0.39 is 11.9 Å². The molecule has 0 aliphatic carbocycles. The van der Waals surface area contributed by atoms with Crippen molar-refractivity contribution in [3.63, 3.8) is 0 Å². The van der Waals surface area contributed by atoms with E-state index in [9.17, 15) is 9.59 Å². The first kappa shape index (κ1) is 26.3. The van der Waals surface area contributed by atoms with Gasteiger partial charge in [-0.2, -0.15) is 0 Å². The first-order valence-corrected chi connectivity index (χ1v) is 11.9. The third-order valence-corrected chi connectivity index (χ3v) is 5.75. The van der Waals surface area contributed by atoms with Crippen LogP contribution in [0.15, 0.2) is 71.2 Å². The molecule has 196 valence electrons. The number of esters is 2. The van der Waals surface area contributed by atoms with Crippen molar-refractivity contribution in [1.29, 1.82) is 0 Å². The zero-order chi connectivity index (χ0) is 27.1. The molecule has 0 radical (unpaired) electrons. The van der Waals surface area contributed by atoms with Crippen LogP contribution in [0.2, 0.25) is 0 Å². The van der Waals surface area contributed by atoms with Gasteiger partial charge >= 0.3 is 11.9 Å². The molecule has 0 saturated heterocycles. The summed E-state index contributed by atoms with van der Waals surface area (Å²) in [7, 11) is 4.34. The van der Waals surface area contributed by atoms with Gasteiger partial charge in [0.15, 0.2) is 22.8 Å². The van der Waals surface area contributed by atoms with Gasteiger partial charge in [-0.1, -0.05) is 30.3 Å². The monoisotopic (exact) mass is 516 g/mol. The second-order valence-electron chi connectivity index (χ2n) is 8.12. The summed E-state index contributed by atoms with van der Waals surface area (Å²) in [5.74, 6) is 0.617. The van der Waals surface area contributed by atoms with E-state index in [-0.39, 0.29) is 17.9 Å². The smallest absolute Gasteiger partial charge is 0.342 e. The number of hydrogen-bond donors (Lipinski definition) is 0. The molecule has 8 nitrogen and oxygen atoms in total. The summed E-state index contributed by atoms with van der Waals surface area (Å²) in [6, 6.07) is 18.5. The number of hydrogen-bond acceptors (Lipinski definition) is 8. The maximum Gasteiger partial charge on any atom is 0.342 e. The third-order valence-electron chi connectivity index (χ3n) is 5.75. The topological polar surface area (TPSA) is 93.4 Å². The highest BCUT2D eigenvalue weighted by Gasteiger charge is 2.26. The van der Waals surface area contributed by atoms with E-state index >= 15 is 0 Å². The molecule has 1 heterocycles. The average molecular weight is 517 g/mol. The molecule has 0 aliphatic rings. The zero-order valence-corrected chi connectivity index (χ0v) is 21.6. The van der Waals surface area contributed by atoms with Crippen molar-refractivity contribution in [3.8, 4) is 28.6 Å². The Labute approximate surface area is 220 Å². The second kappa shape index (κ2) is 12.0. The molecule has 0 spiro atoms. The van der Waals surface area contributed by atoms with E-state index in [0.29, 0.717) is 46.0 Å². The fraction of sp³-hybridized carbons (Fsp3) is 0.200. The third kappa shape index (κ3) is 5.64. The highest BCUT2D eigenvalue weighted by atomic mass is 16.5. The van der Waals surface area contributed by atoms with Gasteiger partial charge in [-0.15, -0.1) is 0 Å². The minimum atomic E-state index is -0.587. The van der Waals surface area contributed by atoms with Gasteiger partial charge in [-0.25, -0.2) is 9.59 Å². The number of ether oxygens (including phenoxy) is 5. The maximum absolute atomic E-state index is 13.0. The summed E-state index contributed by atoms with van der Waals surface area (Å²) < 4.78 is 33.3. The molecule has 0 N–H and O–H groups in total. The fourth-order valence-corrected chi connectivity index (χ4v) is 3.96. The van der Waals surface area contributed by atoms with Crippen molar-refractivity contribution in [3.05, 3.63) is 83.4 Å². The quantitative estimate of drug-likeness (QED) is 0.186. The van der Waals surface area contributed by atoms with E-state index in [0.717, 1.165) is 5.56 Å². The summed E-state index contributed by atoms with van der Waals surface area (Å²) in [6.45, 7) is 2.37. The predicted molar refractivity (Wildman–Crippen MR) is 143 cm³/mol. The molecular weight excluding hydrogens is 488 g/mol. The Morgan fingerprint density at radius 3 is 2.34 bits per heavy atom. The van der Waals surface area contributed by atoms with Gasteiger partial charge in [-0.3, -0.25) is 0 Å². The van der Waals surface area contributed by atoms with Crippen LogP contribution >= 0.6 is 0 Å². The molecule has 0 bridgehead atoms. The minimum absolute atomic E-state index is 0.215. The summed E-state index contributed by atoms with van der Waals surface area (Å²) in [4.78, 5) is 24.8. The summed E-state index contributed by atoms with van der Waals surface area (Å²) in [5, 5.41) is 0.470. The Balaban J connectivity index is 1.78. The molecule has 3 aromatic carbocycles. The Kier molecular flexibility index (Phi) is 8.33. The van der Waals surface area contributed by atoms with E-state index in [1.54, 1.807) is 50.4 Å². The van der Waals surface area contributed by atoms with Gasteiger partial charge in [0, 0.05) is 17.0 Å². The van der Waals surface area contributed by atoms with Gasteiger partial charge in [0.2, 0.25) is 0 Å².